The summed E-state index contributed by atoms with van der Waals surface area (Å²) in [6.45, 7) is 1.18. The van der Waals surface area contributed by atoms with E-state index in [2.05, 4.69) is 6.07 Å². The van der Waals surface area contributed by atoms with Gasteiger partial charge >= 0.3 is 0 Å². The standard InChI is InChI=1S/C28H32F2N2O3/c1-31(28(34)22-8-9-22)26(18-20-4-3-5-23(16-20)35-2)21-12-14-32(15-13-21)27(33)11-7-19-6-10-24(29)25(30)17-19/h3-7,10-11,16-17,21-22,26H,8-9,12-15,18H2,1-2H3/b11-7+/t26-/m0/s1. The molecule has 7 heteroatoms. The van der Waals surface area contributed by atoms with E-state index in [9.17, 15) is 18.4 Å². The molecule has 1 atom stereocenters. The SMILES string of the molecule is COc1cccc(C[C@@H](C2CCN(C(=O)/C=C/c3ccc(F)c(F)c3)CC2)N(C)C(=O)C2CC2)c1. The fourth-order valence-electron chi connectivity index (χ4n) is 4.84. The van der Waals surface area contributed by atoms with Crippen LogP contribution >= 0.6 is 0 Å². The summed E-state index contributed by atoms with van der Waals surface area (Å²) in [6, 6.07) is 11.6. The van der Waals surface area contributed by atoms with Gasteiger partial charge in [-0.25, -0.2) is 8.78 Å². The maximum Gasteiger partial charge on any atom is 0.246 e. The van der Waals surface area contributed by atoms with E-state index in [1.807, 2.05) is 30.1 Å². The summed E-state index contributed by atoms with van der Waals surface area (Å²) in [5.41, 5.74) is 1.56. The molecule has 1 aliphatic heterocycles. The van der Waals surface area contributed by atoms with Crippen molar-refractivity contribution in [2.45, 2.75) is 38.1 Å². The second-order valence-corrected chi connectivity index (χ2v) is 9.52. The van der Waals surface area contributed by atoms with Crippen LogP contribution in [-0.2, 0) is 16.0 Å². The van der Waals surface area contributed by atoms with Crippen LogP contribution in [0.5, 0.6) is 5.75 Å². The van der Waals surface area contributed by atoms with E-state index in [1.54, 1.807) is 12.0 Å². The number of piperidine rings is 1. The maximum atomic E-state index is 13.4. The first-order valence-corrected chi connectivity index (χ1v) is 12.2. The predicted molar refractivity (Wildman–Crippen MR) is 131 cm³/mol. The first-order chi connectivity index (χ1) is 16.9. The minimum Gasteiger partial charge on any atom is -0.497 e. The molecule has 0 unspecified atom stereocenters. The molecule has 2 aromatic carbocycles. The van der Waals surface area contributed by atoms with Crippen molar-refractivity contribution in [2.24, 2.45) is 11.8 Å². The number of likely N-dealkylation sites (N-methyl/N-ethyl adjacent to an activating group) is 1. The Morgan fingerprint density at radius 1 is 1.09 bits per heavy atom. The van der Waals surface area contributed by atoms with Crippen LogP contribution in [0.3, 0.4) is 0 Å². The lowest BCUT2D eigenvalue weighted by Gasteiger charge is -2.40. The van der Waals surface area contributed by atoms with Gasteiger partial charge in [-0.05, 0) is 79.5 Å². The lowest BCUT2D eigenvalue weighted by molar-refractivity contribution is -0.136. The van der Waals surface area contributed by atoms with Gasteiger partial charge in [-0.1, -0.05) is 18.2 Å². The van der Waals surface area contributed by atoms with Crippen molar-refractivity contribution in [2.75, 3.05) is 27.2 Å². The zero-order chi connectivity index (χ0) is 24.9. The molecule has 1 aliphatic carbocycles. The van der Waals surface area contributed by atoms with Crippen LogP contribution in [0.25, 0.3) is 6.08 Å². The van der Waals surface area contributed by atoms with Crippen LogP contribution in [0, 0.1) is 23.5 Å². The highest BCUT2D eigenvalue weighted by atomic mass is 19.2. The Kier molecular flexibility index (Phi) is 7.83. The van der Waals surface area contributed by atoms with Crippen molar-refractivity contribution >= 4 is 17.9 Å². The van der Waals surface area contributed by atoms with Crippen molar-refractivity contribution in [3.63, 3.8) is 0 Å². The highest BCUT2D eigenvalue weighted by molar-refractivity contribution is 5.91. The average molecular weight is 483 g/mol. The quantitative estimate of drug-likeness (QED) is 0.513. The number of benzene rings is 2. The molecule has 0 N–H and O–H groups in total. The number of carbonyl (C=O) groups excluding carboxylic acids is 2. The maximum absolute atomic E-state index is 13.4. The van der Waals surface area contributed by atoms with Crippen molar-refractivity contribution in [1.29, 1.82) is 0 Å². The topological polar surface area (TPSA) is 49.9 Å². The summed E-state index contributed by atoms with van der Waals surface area (Å²) in [6.07, 6.45) is 7.16. The van der Waals surface area contributed by atoms with Gasteiger partial charge in [0.05, 0.1) is 7.11 Å². The molecule has 186 valence electrons. The van der Waals surface area contributed by atoms with Crippen molar-refractivity contribution < 1.29 is 23.1 Å². The van der Waals surface area contributed by atoms with Crippen molar-refractivity contribution in [1.82, 2.24) is 9.80 Å². The Hall–Kier alpha value is -3.22. The number of halogens is 2. The molecule has 4 rings (SSSR count). The van der Waals surface area contributed by atoms with E-state index < -0.39 is 11.6 Å². The molecule has 1 saturated heterocycles. The van der Waals surface area contributed by atoms with Crippen LogP contribution in [0.4, 0.5) is 8.78 Å². The highest BCUT2D eigenvalue weighted by Gasteiger charge is 2.38. The van der Waals surface area contributed by atoms with Gasteiger partial charge in [0.1, 0.15) is 5.75 Å². The van der Waals surface area contributed by atoms with E-state index in [-0.39, 0.29) is 29.7 Å². The molecule has 1 heterocycles. The highest BCUT2D eigenvalue weighted by Crippen LogP contribution is 2.34. The summed E-state index contributed by atoms with van der Waals surface area (Å²) < 4.78 is 31.9. The van der Waals surface area contributed by atoms with Gasteiger partial charge in [-0.15, -0.1) is 0 Å². The Balaban J connectivity index is 1.41. The lowest BCUT2D eigenvalue weighted by Crippen LogP contribution is -2.48. The second-order valence-electron chi connectivity index (χ2n) is 9.52. The lowest BCUT2D eigenvalue weighted by atomic mass is 9.84. The summed E-state index contributed by atoms with van der Waals surface area (Å²) in [4.78, 5) is 29.3. The van der Waals surface area contributed by atoms with Crippen molar-refractivity contribution in [3.05, 3.63) is 71.3 Å². The fraction of sp³-hybridized carbons (Fsp3) is 0.429. The molecule has 0 radical (unpaired) electrons. The number of hydrogen-bond donors (Lipinski definition) is 0. The van der Waals surface area contributed by atoms with Gasteiger partial charge in [-0.2, -0.15) is 0 Å². The Bertz CT molecular complexity index is 1090. The van der Waals surface area contributed by atoms with Gasteiger partial charge in [0.15, 0.2) is 11.6 Å². The summed E-state index contributed by atoms with van der Waals surface area (Å²) in [5, 5.41) is 0. The number of carbonyl (C=O) groups is 2. The monoisotopic (exact) mass is 482 g/mol. The van der Waals surface area contributed by atoms with E-state index in [4.69, 9.17) is 4.74 Å². The summed E-state index contributed by atoms with van der Waals surface area (Å²) in [5.74, 6) is -0.572. The number of nitrogens with zero attached hydrogens (tertiary/aromatic N) is 2. The minimum absolute atomic E-state index is 0.0465. The molecule has 0 aromatic heterocycles. The number of amides is 2. The van der Waals surface area contributed by atoms with Crippen LogP contribution in [0.15, 0.2) is 48.5 Å². The molecule has 2 aromatic rings. The Labute approximate surface area is 205 Å². The smallest absolute Gasteiger partial charge is 0.246 e. The van der Waals surface area contributed by atoms with E-state index in [0.29, 0.717) is 18.7 Å². The van der Waals surface area contributed by atoms with Crippen LogP contribution in [0.2, 0.25) is 0 Å². The van der Waals surface area contributed by atoms with Crippen LogP contribution in [-0.4, -0.2) is 54.9 Å². The zero-order valence-electron chi connectivity index (χ0n) is 20.3. The first-order valence-electron chi connectivity index (χ1n) is 12.2. The number of methoxy groups -OCH3 is 1. The van der Waals surface area contributed by atoms with E-state index >= 15 is 0 Å². The predicted octanol–water partition coefficient (Wildman–Crippen LogP) is 4.70. The molecule has 5 nitrogen and oxygen atoms in total. The van der Waals surface area contributed by atoms with Crippen molar-refractivity contribution in [3.8, 4) is 5.75 Å². The Morgan fingerprint density at radius 3 is 2.49 bits per heavy atom. The molecular formula is C28H32F2N2O3. The average Bonchev–Trinajstić information content (AvgIpc) is 3.73. The molecule has 2 aliphatic rings. The number of hydrogen-bond acceptors (Lipinski definition) is 3. The molecule has 2 fully saturated rings. The molecule has 1 saturated carbocycles. The van der Waals surface area contributed by atoms with Gasteiger partial charge in [0, 0.05) is 38.2 Å². The molecular weight excluding hydrogens is 450 g/mol. The first kappa shape index (κ1) is 24.9. The molecule has 0 spiro atoms. The third kappa shape index (κ3) is 6.27. The third-order valence-electron chi connectivity index (χ3n) is 7.11. The molecule has 35 heavy (non-hydrogen) atoms. The normalized spacial score (nSPS) is 17.4. The Morgan fingerprint density at radius 2 is 1.83 bits per heavy atom. The largest absolute Gasteiger partial charge is 0.497 e. The van der Waals surface area contributed by atoms with Gasteiger partial charge in [0.25, 0.3) is 0 Å². The number of likely N-dealkylation sites (tertiary alicyclic amines) is 1. The third-order valence-corrected chi connectivity index (χ3v) is 7.11. The fourth-order valence-corrected chi connectivity index (χ4v) is 4.84. The van der Waals surface area contributed by atoms with E-state index in [0.717, 1.165) is 55.5 Å². The van der Waals surface area contributed by atoms with Crippen LogP contribution in [0.1, 0.15) is 36.8 Å². The van der Waals surface area contributed by atoms with Gasteiger partial charge < -0.3 is 14.5 Å². The number of ether oxygens (including phenoxy) is 1. The number of rotatable bonds is 8. The van der Waals surface area contributed by atoms with Gasteiger partial charge in [0.2, 0.25) is 11.8 Å². The van der Waals surface area contributed by atoms with Crippen LogP contribution < -0.4 is 4.74 Å². The minimum atomic E-state index is -0.938. The zero-order valence-corrected chi connectivity index (χ0v) is 20.3. The molecule has 0 bridgehead atoms. The summed E-state index contributed by atoms with van der Waals surface area (Å²) in [7, 11) is 3.56. The van der Waals surface area contributed by atoms with Gasteiger partial charge in [-0.3, -0.25) is 9.59 Å². The molecule has 2 amide bonds. The van der Waals surface area contributed by atoms with E-state index in [1.165, 1.54) is 18.2 Å². The second kappa shape index (κ2) is 11.0. The summed E-state index contributed by atoms with van der Waals surface area (Å²) >= 11 is 0.